The molecule has 6 heteroatoms. The lowest BCUT2D eigenvalue weighted by molar-refractivity contribution is 0.102. The van der Waals surface area contributed by atoms with Crippen LogP contribution in [-0.4, -0.2) is 20.4 Å². The second-order valence-electron chi connectivity index (χ2n) is 6.42. The molecule has 4 aromatic rings. The molecular weight excluding hydrogens is 360 g/mol. The van der Waals surface area contributed by atoms with Gasteiger partial charge in [0.05, 0.1) is 28.1 Å². The number of aromatic nitrogens is 3. The van der Waals surface area contributed by atoms with E-state index in [1.807, 2.05) is 54.9 Å². The molecular formula is C21H17ClN4O. The van der Waals surface area contributed by atoms with Crippen molar-refractivity contribution in [2.24, 2.45) is 0 Å². The number of nitrogens with zero attached hydrogens (tertiary/aromatic N) is 3. The number of rotatable bonds is 3. The summed E-state index contributed by atoms with van der Waals surface area (Å²) in [4.78, 5) is 21.5. The highest BCUT2D eigenvalue weighted by Crippen LogP contribution is 2.26. The molecule has 5 nitrogen and oxygen atoms in total. The van der Waals surface area contributed by atoms with E-state index in [1.165, 1.54) is 0 Å². The Morgan fingerprint density at radius 1 is 1.11 bits per heavy atom. The van der Waals surface area contributed by atoms with E-state index in [0.717, 1.165) is 27.8 Å². The number of hydrogen-bond acceptors (Lipinski definition) is 3. The molecule has 1 amide bonds. The Labute approximate surface area is 161 Å². The van der Waals surface area contributed by atoms with E-state index in [1.54, 1.807) is 24.7 Å². The molecule has 0 saturated carbocycles. The fraction of sp³-hybridized carbons (Fsp3) is 0.0952. The van der Waals surface area contributed by atoms with Gasteiger partial charge < -0.3 is 9.88 Å². The Bertz CT molecular complexity index is 1150. The van der Waals surface area contributed by atoms with Crippen LogP contribution in [0.5, 0.6) is 0 Å². The summed E-state index contributed by atoms with van der Waals surface area (Å²) in [5.74, 6) is -0.192. The minimum Gasteiger partial charge on any atom is -0.322 e. The number of anilines is 1. The van der Waals surface area contributed by atoms with E-state index >= 15 is 0 Å². The summed E-state index contributed by atoms with van der Waals surface area (Å²) >= 11 is 6.38. The molecule has 0 spiro atoms. The van der Waals surface area contributed by atoms with E-state index in [4.69, 9.17) is 11.6 Å². The highest BCUT2D eigenvalue weighted by Gasteiger charge is 2.13. The average Bonchev–Trinajstić information content (AvgIpc) is 3.16. The average molecular weight is 377 g/mol. The van der Waals surface area contributed by atoms with Crippen molar-refractivity contribution in [3.8, 4) is 5.69 Å². The van der Waals surface area contributed by atoms with Gasteiger partial charge in [-0.25, -0.2) is 4.98 Å². The third-order valence-corrected chi connectivity index (χ3v) is 4.63. The topological polar surface area (TPSA) is 59.8 Å². The molecule has 0 bridgehead atoms. The van der Waals surface area contributed by atoms with Crippen molar-refractivity contribution in [1.29, 1.82) is 0 Å². The summed E-state index contributed by atoms with van der Waals surface area (Å²) in [6.07, 6.45) is 5.17. The number of nitrogens with one attached hydrogen (secondary N) is 1. The van der Waals surface area contributed by atoms with Crippen molar-refractivity contribution in [2.75, 3.05) is 5.32 Å². The molecule has 0 aliphatic rings. The van der Waals surface area contributed by atoms with Gasteiger partial charge in [-0.3, -0.25) is 9.78 Å². The van der Waals surface area contributed by atoms with Gasteiger partial charge in [0.2, 0.25) is 0 Å². The molecule has 2 aromatic carbocycles. The molecule has 27 heavy (non-hydrogen) atoms. The molecule has 0 aliphatic carbocycles. The molecule has 2 aromatic heterocycles. The highest BCUT2D eigenvalue weighted by atomic mass is 35.5. The van der Waals surface area contributed by atoms with E-state index in [2.05, 4.69) is 15.3 Å². The van der Waals surface area contributed by atoms with Gasteiger partial charge in [0, 0.05) is 29.2 Å². The van der Waals surface area contributed by atoms with Gasteiger partial charge in [0.15, 0.2) is 0 Å². The van der Waals surface area contributed by atoms with Crippen molar-refractivity contribution in [2.45, 2.75) is 13.8 Å². The smallest absolute Gasteiger partial charge is 0.256 e. The molecule has 0 atom stereocenters. The van der Waals surface area contributed by atoms with Gasteiger partial charge in [0.1, 0.15) is 0 Å². The second-order valence-corrected chi connectivity index (χ2v) is 6.83. The predicted molar refractivity (Wildman–Crippen MR) is 108 cm³/mol. The first-order valence-corrected chi connectivity index (χ1v) is 8.86. The minimum atomic E-state index is -0.192. The van der Waals surface area contributed by atoms with Crippen LogP contribution in [0.4, 0.5) is 5.69 Å². The van der Waals surface area contributed by atoms with Crippen molar-refractivity contribution < 1.29 is 4.79 Å². The maximum Gasteiger partial charge on any atom is 0.256 e. The quantitative estimate of drug-likeness (QED) is 0.550. The molecule has 0 fully saturated rings. The van der Waals surface area contributed by atoms with E-state index < -0.39 is 0 Å². The Balaban J connectivity index is 1.68. The van der Waals surface area contributed by atoms with Gasteiger partial charge in [0.25, 0.3) is 5.91 Å². The maximum atomic E-state index is 12.9. The number of hydrogen-bond donors (Lipinski definition) is 1. The van der Waals surface area contributed by atoms with Crippen LogP contribution in [0.2, 0.25) is 5.02 Å². The normalized spacial score (nSPS) is 10.9. The van der Waals surface area contributed by atoms with Crippen molar-refractivity contribution in [1.82, 2.24) is 14.5 Å². The van der Waals surface area contributed by atoms with Gasteiger partial charge >= 0.3 is 0 Å². The molecule has 0 radical (unpaired) electrons. The molecule has 0 unspecified atom stereocenters. The SMILES string of the molecule is Cc1ccc2nc(C)cc(C(=O)Nc3ccc(-n4ccnc4)c(Cl)c3)c2c1. The first kappa shape index (κ1) is 17.2. The Morgan fingerprint density at radius 2 is 1.96 bits per heavy atom. The Hall–Kier alpha value is -3.18. The Kier molecular flexibility index (Phi) is 4.38. The van der Waals surface area contributed by atoms with Crippen LogP contribution in [-0.2, 0) is 0 Å². The zero-order valence-corrected chi connectivity index (χ0v) is 15.7. The zero-order chi connectivity index (χ0) is 19.0. The summed E-state index contributed by atoms with van der Waals surface area (Å²) in [7, 11) is 0. The lowest BCUT2D eigenvalue weighted by atomic mass is 10.0. The molecule has 0 saturated heterocycles. The lowest BCUT2D eigenvalue weighted by Crippen LogP contribution is -2.13. The molecule has 2 heterocycles. The van der Waals surface area contributed by atoms with Crippen LogP contribution in [0.3, 0.4) is 0 Å². The Morgan fingerprint density at radius 3 is 2.70 bits per heavy atom. The summed E-state index contributed by atoms with van der Waals surface area (Å²) in [5.41, 5.74) is 4.70. The number of imidazole rings is 1. The highest BCUT2D eigenvalue weighted by molar-refractivity contribution is 6.32. The van der Waals surface area contributed by atoms with Crippen molar-refractivity contribution in [3.05, 3.63) is 83.0 Å². The fourth-order valence-electron chi connectivity index (χ4n) is 3.05. The third-order valence-electron chi connectivity index (χ3n) is 4.33. The molecule has 1 N–H and O–H groups in total. The van der Waals surface area contributed by atoms with Crippen LogP contribution < -0.4 is 5.32 Å². The second kappa shape index (κ2) is 6.85. The number of pyridine rings is 1. The lowest BCUT2D eigenvalue weighted by Gasteiger charge is -2.11. The van der Waals surface area contributed by atoms with E-state index in [9.17, 15) is 4.79 Å². The predicted octanol–water partition coefficient (Wildman–Crippen LogP) is 4.94. The van der Waals surface area contributed by atoms with Gasteiger partial charge in [-0.05, 0) is 50.2 Å². The summed E-state index contributed by atoms with van der Waals surface area (Å²) < 4.78 is 1.82. The largest absolute Gasteiger partial charge is 0.322 e. The molecule has 0 aliphatic heterocycles. The van der Waals surface area contributed by atoms with Gasteiger partial charge in [-0.1, -0.05) is 23.2 Å². The standard InChI is InChI=1S/C21H17ClN4O/c1-13-3-5-19-16(9-13)17(10-14(2)24-19)21(27)25-15-4-6-20(18(22)11-15)26-8-7-23-12-26/h3-12H,1-2H3,(H,25,27). The monoisotopic (exact) mass is 376 g/mol. The number of amides is 1. The summed E-state index contributed by atoms with van der Waals surface area (Å²) in [6.45, 7) is 3.88. The fourth-order valence-corrected chi connectivity index (χ4v) is 3.33. The zero-order valence-electron chi connectivity index (χ0n) is 14.9. The summed E-state index contributed by atoms with van der Waals surface area (Å²) in [5, 5.41) is 4.29. The number of halogens is 1. The van der Waals surface area contributed by atoms with Crippen LogP contribution >= 0.6 is 11.6 Å². The van der Waals surface area contributed by atoms with E-state index in [-0.39, 0.29) is 5.91 Å². The number of carbonyl (C=O) groups excluding carboxylic acids is 1. The van der Waals surface area contributed by atoms with Crippen LogP contribution in [0.15, 0.2) is 61.2 Å². The van der Waals surface area contributed by atoms with Gasteiger partial charge in [-0.2, -0.15) is 0 Å². The molecule has 4 rings (SSSR count). The van der Waals surface area contributed by atoms with Crippen LogP contribution in [0, 0.1) is 13.8 Å². The van der Waals surface area contributed by atoms with E-state index in [0.29, 0.717) is 16.3 Å². The van der Waals surface area contributed by atoms with Crippen LogP contribution in [0.1, 0.15) is 21.6 Å². The number of carbonyl (C=O) groups is 1. The number of aryl methyl sites for hydroxylation is 2. The van der Waals surface area contributed by atoms with Crippen LogP contribution in [0.25, 0.3) is 16.6 Å². The minimum absolute atomic E-state index is 0.192. The number of benzene rings is 2. The van der Waals surface area contributed by atoms with Gasteiger partial charge in [-0.15, -0.1) is 0 Å². The summed E-state index contributed by atoms with van der Waals surface area (Å²) in [6, 6.07) is 13.1. The molecule has 134 valence electrons. The first-order valence-electron chi connectivity index (χ1n) is 8.48. The third kappa shape index (κ3) is 3.41. The first-order chi connectivity index (χ1) is 13.0. The number of fused-ring (bicyclic) bond motifs is 1. The van der Waals surface area contributed by atoms with Crippen molar-refractivity contribution >= 4 is 34.1 Å². The maximum absolute atomic E-state index is 12.9. The van der Waals surface area contributed by atoms with Crippen molar-refractivity contribution in [3.63, 3.8) is 0 Å².